The van der Waals surface area contributed by atoms with Crippen LogP contribution in [0.3, 0.4) is 0 Å². The fraction of sp³-hybridized carbons (Fsp3) is 0.650. The van der Waals surface area contributed by atoms with Crippen molar-refractivity contribution >= 4 is 29.9 Å². The van der Waals surface area contributed by atoms with E-state index < -0.39 is 0 Å². The molecule has 0 bridgehead atoms. The third-order valence-electron chi connectivity index (χ3n) is 4.82. The van der Waals surface area contributed by atoms with Crippen LogP contribution in [0.5, 0.6) is 0 Å². The maximum absolute atomic E-state index is 5.31. The van der Waals surface area contributed by atoms with Gasteiger partial charge in [-0.25, -0.2) is 0 Å². The normalized spacial score (nSPS) is 18.2. The molecule has 142 valence electrons. The molecule has 1 fully saturated rings. The van der Waals surface area contributed by atoms with E-state index in [2.05, 4.69) is 62.2 Å². The van der Waals surface area contributed by atoms with Gasteiger partial charge >= 0.3 is 0 Å². The number of likely N-dealkylation sites (tertiary alicyclic amines) is 1. The number of aryl methyl sites for hydroxylation is 1. The third kappa shape index (κ3) is 6.13. The molecule has 2 rings (SSSR count). The Bertz CT molecular complexity index is 560. The molecule has 1 aliphatic heterocycles. The Morgan fingerprint density at radius 3 is 2.72 bits per heavy atom. The Morgan fingerprint density at radius 2 is 2.08 bits per heavy atom. The molecule has 0 radical (unpaired) electrons. The highest BCUT2D eigenvalue weighted by atomic mass is 127. The number of guanidine groups is 1. The summed E-state index contributed by atoms with van der Waals surface area (Å²) in [7, 11) is 1.78. The van der Waals surface area contributed by atoms with E-state index in [9.17, 15) is 0 Å². The molecule has 0 aliphatic carbocycles. The molecule has 0 amide bonds. The van der Waals surface area contributed by atoms with E-state index >= 15 is 0 Å². The summed E-state index contributed by atoms with van der Waals surface area (Å²) in [5.74, 6) is 1.65. The number of hydrogen-bond donors (Lipinski definition) is 1. The van der Waals surface area contributed by atoms with Crippen LogP contribution in [0.2, 0.25) is 0 Å². The Labute approximate surface area is 170 Å². The molecule has 0 saturated carbocycles. The van der Waals surface area contributed by atoms with E-state index in [-0.39, 0.29) is 29.4 Å². The van der Waals surface area contributed by atoms with Crippen LogP contribution in [-0.2, 0) is 10.2 Å². The molecule has 1 aromatic carbocycles. The van der Waals surface area contributed by atoms with Gasteiger partial charge in [0, 0.05) is 38.1 Å². The SMILES string of the molecule is CCNC(=NCC(C)(C)c1ccccc1C)N1CCC(COC)C1.I. The lowest BCUT2D eigenvalue weighted by Gasteiger charge is -2.27. The summed E-state index contributed by atoms with van der Waals surface area (Å²) >= 11 is 0. The van der Waals surface area contributed by atoms with Crippen LogP contribution in [0, 0.1) is 12.8 Å². The first-order valence-electron chi connectivity index (χ1n) is 9.06. The number of nitrogens with zero attached hydrogens (tertiary/aromatic N) is 2. The monoisotopic (exact) mass is 459 g/mol. The number of benzene rings is 1. The standard InChI is InChI=1S/C20H33N3O.HI/c1-6-21-19(23-12-11-17(13-23)14-24-5)22-15-20(3,4)18-10-8-7-9-16(18)2;/h7-10,17H,6,11-15H2,1-5H3,(H,21,22);1H. The van der Waals surface area contributed by atoms with E-state index in [0.717, 1.165) is 38.7 Å². The number of nitrogens with one attached hydrogen (secondary N) is 1. The van der Waals surface area contributed by atoms with Gasteiger partial charge < -0.3 is 15.0 Å². The Kier molecular flexibility index (Phi) is 9.21. The average Bonchev–Trinajstić information content (AvgIpc) is 3.00. The quantitative estimate of drug-likeness (QED) is 0.399. The van der Waals surface area contributed by atoms with E-state index in [1.807, 2.05) is 0 Å². The summed E-state index contributed by atoms with van der Waals surface area (Å²) in [6, 6.07) is 8.63. The summed E-state index contributed by atoms with van der Waals surface area (Å²) in [6.07, 6.45) is 1.18. The molecule has 1 aliphatic rings. The highest BCUT2D eigenvalue weighted by Gasteiger charge is 2.26. The Balaban J connectivity index is 0.00000312. The molecule has 1 atom stereocenters. The van der Waals surface area contributed by atoms with Crippen molar-refractivity contribution in [2.24, 2.45) is 10.9 Å². The summed E-state index contributed by atoms with van der Waals surface area (Å²) in [4.78, 5) is 7.35. The van der Waals surface area contributed by atoms with Crippen LogP contribution in [0.1, 0.15) is 38.3 Å². The molecule has 1 heterocycles. The molecule has 0 spiro atoms. The van der Waals surface area contributed by atoms with Gasteiger partial charge in [0.15, 0.2) is 5.96 Å². The van der Waals surface area contributed by atoms with Crippen LogP contribution >= 0.6 is 24.0 Å². The fourth-order valence-electron chi connectivity index (χ4n) is 3.51. The summed E-state index contributed by atoms with van der Waals surface area (Å²) in [5.41, 5.74) is 2.74. The second-order valence-corrected chi connectivity index (χ2v) is 7.43. The topological polar surface area (TPSA) is 36.9 Å². The van der Waals surface area contributed by atoms with Crippen molar-refractivity contribution in [3.8, 4) is 0 Å². The fourth-order valence-corrected chi connectivity index (χ4v) is 3.51. The number of aliphatic imine (C=N–C) groups is 1. The van der Waals surface area contributed by atoms with E-state index in [4.69, 9.17) is 9.73 Å². The Hall–Kier alpha value is -0.820. The molecule has 1 N–H and O–H groups in total. The lowest BCUT2D eigenvalue weighted by Crippen LogP contribution is -2.41. The maximum Gasteiger partial charge on any atom is 0.193 e. The van der Waals surface area contributed by atoms with E-state index in [1.165, 1.54) is 17.5 Å². The largest absolute Gasteiger partial charge is 0.384 e. The highest BCUT2D eigenvalue weighted by molar-refractivity contribution is 14.0. The molecule has 1 unspecified atom stereocenters. The van der Waals surface area contributed by atoms with Gasteiger partial charge in [0.25, 0.3) is 0 Å². The lowest BCUT2D eigenvalue weighted by molar-refractivity contribution is 0.157. The van der Waals surface area contributed by atoms with Crippen molar-refractivity contribution in [3.05, 3.63) is 35.4 Å². The molecule has 1 saturated heterocycles. The molecular weight excluding hydrogens is 425 g/mol. The maximum atomic E-state index is 5.31. The summed E-state index contributed by atoms with van der Waals surface area (Å²) in [6.45, 7) is 13.5. The number of methoxy groups -OCH3 is 1. The highest BCUT2D eigenvalue weighted by Crippen LogP contribution is 2.26. The first kappa shape index (κ1) is 22.2. The van der Waals surface area contributed by atoms with Crippen LogP contribution < -0.4 is 5.32 Å². The second kappa shape index (κ2) is 10.4. The lowest BCUT2D eigenvalue weighted by atomic mass is 9.82. The zero-order valence-corrected chi connectivity index (χ0v) is 18.7. The second-order valence-electron chi connectivity index (χ2n) is 7.43. The van der Waals surface area contributed by atoms with Gasteiger partial charge in [-0.1, -0.05) is 38.1 Å². The van der Waals surface area contributed by atoms with Crippen molar-refractivity contribution < 1.29 is 4.74 Å². The van der Waals surface area contributed by atoms with Crippen molar-refractivity contribution in [2.45, 2.75) is 39.5 Å². The van der Waals surface area contributed by atoms with E-state index in [0.29, 0.717) is 5.92 Å². The smallest absolute Gasteiger partial charge is 0.193 e. The predicted molar refractivity (Wildman–Crippen MR) is 117 cm³/mol. The van der Waals surface area contributed by atoms with Gasteiger partial charge in [0.05, 0.1) is 13.2 Å². The number of halogens is 1. The van der Waals surface area contributed by atoms with Gasteiger partial charge in [0.1, 0.15) is 0 Å². The minimum absolute atomic E-state index is 0. The molecule has 5 heteroatoms. The van der Waals surface area contributed by atoms with Crippen molar-refractivity contribution in [1.82, 2.24) is 10.2 Å². The van der Waals surface area contributed by atoms with Crippen molar-refractivity contribution in [2.75, 3.05) is 39.9 Å². The summed E-state index contributed by atoms with van der Waals surface area (Å²) in [5, 5.41) is 3.46. The molecule has 4 nitrogen and oxygen atoms in total. The first-order valence-corrected chi connectivity index (χ1v) is 9.06. The van der Waals surface area contributed by atoms with Crippen LogP contribution in [-0.4, -0.2) is 50.8 Å². The van der Waals surface area contributed by atoms with Crippen LogP contribution in [0.4, 0.5) is 0 Å². The molecule has 25 heavy (non-hydrogen) atoms. The Morgan fingerprint density at radius 1 is 1.36 bits per heavy atom. The van der Waals surface area contributed by atoms with Gasteiger partial charge in [-0.2, -0.15) is 0 Å². The van der Waals surface area contributed by atoms with Crippen molar-refractivity contribution in [3.63, 3.8) is 0 Å². The van der Waals surface area contributed by atoms with Crippen LogP contribution in [0.25, 0.3) is 0 Å². The zero-order chi connectivity index (χ0) is 17.6. The van der Waals surface area contributed by atoms with Gasteiger partial charge in [0.2, 0.25) is 0 Å². The molecular formula is C20H34IN3O. The number of ether oxygens (including phenoxy) is 1. The minimum Gasteiger partial charge on any atom is -0.384 e. The average molecular weight is 459 g/mol. The molecule has 0 aromatic heterocycles. The number of rotatable bonds is 6. The summed E-state index contributed by atoms with van der Waals surface area (Å²) < 4.78 is 5.31. The van der Waals surface area contributed by atoms with Gasteiger partial charge in [-0.3, -0.25) is 4.99 Å². The van der Waals surface area contributed by atoms with E-state index in [1.54, 1.807) is 7.11 Å². The van der Waals surface area contributed by atoms with Crippen LogP contribution in [0.15, 0.2) is 29.3 Å². The molecule has 1 aromatic rings. The predicted octanol–water partition coefficient (Wildman–Crippen LogP) is 3.82. The minimum atomic E-state index is 0. The first-order chi connectivity index (χ1) is 11.5. The number of hydrogen-bond acceptors (Lipinski definition) is 2. The van der Waals surface area contributed by atoms with Crippen molar-refractivity contribution in [1.29, 1.82) is 0 Å². The third-order valence-corrected chi connectivity index (χ3v) is 4.82. The van der Waals surface area contributed by atoms with Gasteiger partial charge in [-0.15, -0.1) is 24.0 Å². The zero-order valence-electron chi connectivity index (χ0n) is 16.3. The van der Waals surface area contributed by atoms with Gasteiger partial charge in [-0.05, 0) is 31.4 Å².